The monoisotopic (exact) mass is 303 g/mol. The predicted molar refractivity (Wildman–Crippen MR) is 77.4 cm³/mol. The van der Waals surface area contributed by atoms with Crippen LogP contribution in [0.2, 0.25) is 0 Å². The van der Waals surface area contributed by atoms with Crippen LogP contribution in [-0.2, 0) is 6.54 Å². The van der Waals surface area contributed by atoms with Crippen LogP contribution >= 0.6 is 0 Å². The summed E-state index contributed by atoms with van der Waals surface area (Å²) in [7, 11) is 0. The molecular weight excluding hydrogens is 279 g/mol. The molecule has 0 spiro atoms. The Morgan fingerprint density at radius 2 is 1.62 bits per heavy atom. The fourth-order valence-corrected chi connectivity index (χ4v) is 2.31. The largest absolute Gasteiger partial charge is 0.454 e. The van der Waals surface area contributed by atoms with Gasteiger partial charge in [0.2, 0.25) is 0 Å². The Labute approximate surface area is 124 Å². The number of aryl methyl sites for hydroxylation is 1. The zero-order valence-electron chi connectivity index (χ0n) is 12.6. The van der Waals surface area contributed by atoms with Crippen molar-refractivity contribution in [3.63, 3.8) is 0 Å². The van der Waals surface area contributed by atoms with E-state index in [9.17, 15) is 18.0 Å². The fourth-order valence-electron chi connectivity index (χ4n) is 2.31. The van der Waals surface area contributed by atoms with Crippen molar-refractivity contribution in [1.82, 2.24) is 4.57 Å². The topological polar surface area (TPSA) is 22.0 Å². The highest BCUT2D eigenvalue weighted by Crippen LogP contribution is 2.21. The number of nitrogens with zero attached hydrogens (tertiary/aromatic N) is 1. The van der Waals surface area contributed by atoms with E-state index in [0.717, 1.165) is 12.8 Å². The van der Waals surface area contributed by atoms with Gasteiger partial charge < -0.3 is 4.57 Å². The Bertz CT molecular complexity index is 423. The molecule has 0 fully saturated rings. The lowest BCUT2D eigenvalue weighted by Crippen LogP contribution is -2.22. The molecular formula is C16H24F3NO. The highest BCUT2D eigenvalue weighted by Gasteiger charge is 2.39. The van der Waals surface area contributed by atoms with Crippen molar-refractivity contribution in [1.29, 1.82) is 0 Å². The van der Waals surface area contributed by atoms with Gasteiger partial charge in [-0.15, -0.1) is 0 Å². The number of ketones is 1. The van der Waals surface area contributed by atoms with Gasteiger partial charge in [-0.25, -0.2) is 0 Å². The molecule has 1 aromatic rings. The summed E-state index contributed by atoms with van der Waals surface area (Å²) in [4.78, 5) is 11.0. The molecule has 0 amide bonds. The number of carbonyl (C=O) groups excluding carboxylic acids is 1. The fraction of sp³-hybridized carbons (Fsp3) is 0.688. The number of Topliss-reactive ketones (excluding diaryl/α,β-unsaturated/α-hetero) is 1. The van der Waals surface area contributed by atoms with Crippen LogP contribution in [0.3, 0.4) is 0 Å². The molecule has 0 radical (unpaired) electrons. The highest BCUT2D eigenvalue weighted by atomic mass is 19.4. The van der Waals surface area contributed by atoms with Crippen LogP contribution in [-0.4, -0.2) is 16.5 Å². The Morgan fingerprint density at radius 1 is 1.05 bits per heavy atom. The number of hydrogen-bond donors (Lipinski definition) is 0. The van der Waals surface area contributed by atoms with Gasteiger partial charge in [-0.05, 0) is 12.5 Å². The van der Waals surface area contributed by atoms with E-state index in [1.165, 1.54) is 50.8 Å². The third-order valence-electron chi connectivity index (χ3n) is 3.54. The Morgan fingerprint density at radius 3 is 2.19 bits per heavy atom. The quantitative estimate of drug-likeness (QED) is 0.420. The third-order valence-corrected chi connectivity index (χ3v) is 3.54. The molecule has 0 aliphatic carbocycles. The second-order valence-electron chi connectivity index (χ2n) is 5.44. The van der Waals surface area contributed by atoms with Crippen molar-refractivity contribution in [2.24, 2.45) is 0 Å². The van der Waals surface area contributed by atoms with Gasteiger partial charge in [0.1, 0.15) is 0 Å². The molecule has 0 aliphatic rings. The van der Waals surface area contributed by atoms with E-state index in [4.69, 9.17) is 0 Å². The summed E-state index contributed by atoms with van der Waals surface area (Å²) in [5.41, 5.74) is -0.276. The van der Waals surface area contributed by atoms with Crippen molar-refractivity contribution in [2.45, 2.75) is 71.0 Å². The molecule has 0 aromatic carbocycles. The lowest BCUT2D eigenvalue weighted by molar-refractivity contribution is -0.0885. The summed E-state index contributed by atoms with van der Waals surface area (Å²) in [6.07, 6.45) is 7.53. The normalized spacial score (nSPS) is 11.8. The molecule has 0 saturated carbocycles. The average Bonchev–Trinajstić information content (AvgIpc) is 2.88. The lowest BCUT2D eigenvalue weighted by atomic mass is 10.1. The minimum atomic E-state index is -4.79. The molecule has 0 saturated heterocycles. The van der Waals surface area contributed by atoms with Crippen LogP contribution in [0.25, 0.3) is 0 Å². The number of halogens is 3. The average molecular weight is 303 g/mol. The molecule has 120 valence electrons. The number of hydrogen-bond acceptors (Lipinski definition) is 1. The van der Waals surface area contributed by atoms with Crippen LogP contribution in [0.1, 0.15) is 68.6 Å². The minimum absolute atomic E-state index is 0.276. The molecule has 0 N–H and O–H groups in total. The predicted octanol–water partition coefficient (Wildman–Crippen LogP) is 5.37. The van der Waals surface area contributed by atoms with Crippen molar-refractivity contribution >= 4 is 5.78 Å². The van der Waals surface area contributed by atoms with Gasteiger partial charge in [-0.1, -0.05) is 51.9 Å². The number of aromatic nitrogens is 1. The van der Waals surface area contributed by atoms with E-state index in [1.54, 1.807) is 10.8 Å². The van der Waals surface area contributed by atoms with E-state index in [1.807, 2.05) is 0 Å². The molecule has 0 bridgehead atoms. The summed E-state index contributed by atoms with van der Waals surface area (Å²) in [6, 6.07) is 1.24. The molecule has 5 heteroatoms. The second-order valence-corrected chi connectivity index (χ2v) is 5.44. The van der Waals surface area contributed by atoms with E-state index in [0.29, 0.717) is 6.54 Å². The lowest BCUT2D eigenvalue weighted by Gasteiger charge is -2.04. The molecule has 0 unspecified atom stereocenters. The summed E-state index contributed by atoms with van der Waals surface area (Å²) in [5.74, 6) is -1.77. The van der Waals surface area contributed by atoms with Crippen LogP contribution in [0.4, 0.5) is 13.2 Å². The van der Waals surface area contributed by atoms with Crippen LogP contribution < -0.4 is 0 Å². The summed E-state index contributed by atoms with van der Waals surface area (Å²) >= 11 is 0. The minimum Gasteiger partial charge on any atom is -0.354 e. The van der Waals surface area contributed by atoms with E-state index >= 15 is 0 Å². The second kappa shape index (κ2) is 8.90. The Balaban J connectivity index is 2.19. The molecule has 0 aliphatic heterocycles. The maximum Gasteiger partial charge on any atom is 0.454 e. The van der Waals surface area contributed by atoms with Crippen molar-refractivity contribution in [3.05, 3.63) is 24.0 Å². The van der Waals surface area contributed by atoms with E-state index < -0.39 is 12.0 Å². The van der Waals surface area contributed by atoms with Crippen LogP contribution in [0.15, 0.2) is 18.5 Å². The van der Waals surface area contributed by atoms with Gasteiger partial charge >= 0.3 is 6.18 Å². The Kier molecular flexibility index (Phi) is 7.54. The van der Waals surface area contributed by atoms with Gasteiger partial charge in [0, 0.05) is 24.5 Å². The van der Waals surface area contributed by atoms with Crippen LogP contribution in [0, 0.1) is 0 Å². The van der Waals surface area contributed by atoms with E-state index in [-0.39, 0.29) is 5.56 Å². The van der Waals surface area contributed by atoms with Crippen LogP contribution in [0.5, 0.6) is 0 Å². The highest BCUT2D eigenvalue weighted by molar-refractivity contribution is 6.00. The van der Waals surface area contributed by atoms with Gasteiger partial charge in [0.15, 0.2) is 0 Å². The maximum absolute atomic E-state index is 12.3. The third kappa shape index (κ3) is 6.82. The Hall–Kier alpha value is -1.26. The summed E-state index contributed by atoms with van der Waals surface area (Å²) in [5, 5.41) is 0. The first kappa shape index (κ1) is 17.8. The zero-order valence-corrected chi connectivity index (χ0v) is 12.6. The molecule has 1 rings (SSSR count). The summed E-state index contributed by atoms with van der Waals surface area (Å²) < 4.78 is 38.5. The van der Waals surface area contributed by atoms with Gasteiger partial charge in [0.05, 0.1) is 0 Å². The first-order chi connectivity index (χ1) is 9.95. The van der Waals surface area contributed by atoms with Crippen molar-refractivity contribution in [2.75, 3.05) is 0 Å². The molecule has 21 heavy (non-hydrogen) atoms. The van der Waals surface area contributed by atoms with E-state index in [2.05, 4.69) is 6.92 Å². The number of alkyl halides is 3. The summed E-state index contributed by atoms with van der Waals surface area (Å²) in [6.45, 7) is 2.86. The molecule has 0 atom stereocenters. The molecule has 2 nitrogen and oxygen atoms in total. The SMILES string of the molecule is CCCCCCCCCCn1ccc(C(=O)C(F)(F)F)c1. The van der Waals surface area contributed by atoms with Gasteiger partial charge in [-0.3, -0.25) is 4.79 Å². The standard InChI is InChI=1S/C16H24F3NO/c1-2-3-4-5-6-7-8-9-11-20-12-10-14(13-20)15(21)16(17,18)19/h10,12-13H,2-9,11H2,1H3. The number of rotatable bonds is 10. The zero-order chi connectivity index (χ0) is 15.7. The number of unbranched alkanes of at least 4 members (excludes halogenated alkanes) is 7. The first-order valence-corrected chi connectivity index (χ1v) is 7.72. The first-order valence-electron chi connectivity index (χ1n) is 7.72. The van der Waals surface area contributed by atoms with Gasteiger partial charge in [-0.2, -0.15) is 13.2 Å². The van der Waals surface area contributed by atoms with Gasteiger partial charge in [0.25, 0.3) is 5.78 Å². The molecule has 1 heterocycles. The molecule has 1 aromatic heterocycles. The maximum atomic E-state index is 12.3. The van der Waals surface area contributed by atoms with Crippen molar-refractivity contribution in [3.8, 4) is 0 Å². The smallest absolute Gasteiger partial charge is 0.354 e. The van der Waals surface area contributed by atoms with Crippen molar-refractivity contribution < 1.29 is 18.0 Å². The number of carbonyl (C=O) groups is 1.